The second-order valence-electron chi connectivity index (χ2n) is 3.82. The Hall–Kier alpha value is -1.34. The lowest BCUT2D eigenvalue weighted by atomic mass is 9.96. The largest absolute Gasteiger partial charge is 0.237 e. The van der Waals surface area contributed by atoms with E-state index < -0.39 is 0 Å². The highest BCUT2D eigenvalue weighted by atomic mass is 14.9. The third-order valence-corrected chi connectivity index (χ3v) is 2.89. The van der Waals surface area contributed by atoms with Crippen molar-refractivity contribution in [2.45, 2.75) is 13.0 Å². The van der Waals surface area contributed by atoms with Crippen molar-refractivity contribution in [2.75, 3.05) is 6.54 Å². The van der Waals surface area contributed by atoms with Gasteiger partial charge in [0.1, 0.15) is 0 Å². The molecule has 0 aromatic heterocycles. The fraction of sp³-hybridized carbons (Fsp3) is 0.231. The van der Waals surface area contributed by atoms with Crippen LogP contribution < -0.4 is 5.32 Å². The van der Waals surface area contributed by atoms with Gasteiger partial charge in [-0.25, -0.2) is 5.32 Å². The average Bonchev–Trinajstić information content (AvgIpc) is 2.26. The molecule has 69 valence electrons. The minimum absolute atomic E-state index is 0.903. The Bertz CT molecular complexity index is 429. The summed E-state index contributed by atoms with van der Waals surface area (Å²) in [6.07, 6.45) is 1.11. The maximum Gasteiger partial charge on any atom is 0.0387 e. The molecule has 1 aliphatic heterocycles. The zero-order valence-corrected chi connectivity index (χ0v) is 8.03. The summed E-state index contributed by atoms with van der Waals surface area (Å²) in [6.45, 7) is 1.89. The predicted molar refractivity (Wildman–Crippen MR) is 58.4 cm³/mol. The number of benzene rings is 2. The molecule has 0 atom stereocenters. The number of fused-ring (bicyclic) bond motifs is 2. The number of hydrogen-bond acceptors (Lipinski definition) is 0. The highest BCUT2D eigenvalue weighted by Crippen LogP contribution is 2.22. The van der Waals surface area contributed by atoms with Crippen LogP contribution in [0.15, 0.2) is 36.4 Å². The molecule has 1 radical (unpaired) electrons. The Morgan fingerprint density at radius 1 is 0.929 bits per heavy atom. The maximum absolute atomic E-state index is 4.43. The lowest BCUT2D eigenvalue weighted by Gasteiger charge is -2.16. The molecule has 1 heteroatoms. The van der Waals surface area contributed by atoms with Crippen LogP contribution in [0.5, 0.6) is 0 Å². The number of rotatable bonds is 0. The van der Waals surface area contributed by atoms with Crippen LogP contribution in [0.1, 0.15) is 11.1 Å². The van der Waals surface area contributed by atoms with Crippen LogP contribution in [0.3, 0.4) is 0 Å². The Kier molecular flexibility index (Phi) is 1.78. The SMILES string of the molecule is c1ccc2cc3c(cc2c1)CC[N]C3. The van der Waals surface area contributed by atoms with Crippen molar-refractivity contribution in [1.82, 2.24) is 5.32 Å². The minimum Gasteiger partial charge on any atom is -0.237 e. The Labute approximate surface area is 83.8 Å². The summed E-state index contributed by atoms with van der Waals surface area (Å²) in [5.41, 5.74) is 2.90. The summed E-state index contributed by atoms with van der Waals surface area (Å²) in [7, 11) is 0. The van der Waals surface area contributed by atoms with E-state index in [0.717, 1.165) is 19.5 Å². The highest BCUT2D eigenvalue weighted by molar-refractivity contribution is 5.84. The molecule has 0 saturated heterocycles. The summed E-state index contributed by atoms with van der Waals surface area (Å²) >= 11 is 0. The summed E-state index contributed by atoms with van der Waals surface area (Å²) in [6, 6.07) is 13.1. The summed E-state index contributed by atoms with van der Waals surface area (Å²) < 4.78 is 0. The van der Waals surface area contributed by atoms with Gasteiger partial charge in [-0.05, 0) is 34.4 Å². The molecular weight excluding hydrogens is 170 g/mol. The van der Waals surface area contributed by atoms with Crippen molar-refractivity contribution >= 4 is 10.8 Å². The van der Waals surface area contributed by atoms with Crippen molar-refractivity contribution in [3.8, 4) is 0 Å². The summed E-state index contributed by atoms with van der Waals surface area (Å²) in [4.78, 5) is 0. The van der Waals surface area contributed by atoms with Gasteiger partial charge in [-0.3, -0.25) is 0 Å². The maximum atomic E-state index is 4.43. The first-order valence-electron chi connectivity index (χ1n) is 5.07. The van der Waals surface area contributed by atoms with Crippen molar-refractivity contribution in [2.24, 2.45) is 0 Å². The van der Waals surface area contributed by atoms with Crippen LogP contribution in [-0.4, -0.2) is 6.54 Å². The molecule has 3 rings (SSSR count). The molecule has 1 nitrogen and oxygen atoms in total. The fourth-order valence-corrected chi connectivity index (χ4v) is 2.11. The van der Waals surface area contributed by atoms with Crippen molar-refractivity contribution in [3.63, 3.8) is 0 Å². The van der Waals surface area contributed by atoms with E-state index in [4.69, 9.17) is 0 Å². The molecule has 1 heterocycles. The van der Waals surface area contributed by atoms with Gasteiger partial charge in [-0.2, -0.15) is 0 Å². The molecule has 0 bridgehead atoms. The first-order chi connectivity index (χ1) is 6.93. The van der Waals surface area contributed by atoms with E-state index in [0.29, 0.717) is 0 Å². The molecule has 14 heavy (non-hydrogen) atoms. The van der Waals surface area contributed by atoms with Gasteiger partial charge in [-0.15, -0.1) is 0 Å². The second kappa shape index (κ2) is 3.10. The Morgan fingerprint density at radius 3 is 2.43 bits per heavy atom. The molecule has 0 unspecified atom stereocenters. The van der Waals surface area contributed by atoms with Gasteiger partial charge >= 0.3 is 0 Å². The normalized spacial score (nSPS) is 15.4. The summed E-state index contributed by atoms with van der Waals surface area (Å²) in [5, 5.41) is 7.12. The van der Waals surface area contributed by atoms with Crippen LogP contribution in [0, 0.1) is 0 Å². The van der Waals surface area contributed by atoms with Crippen LogP contribution >= 0.6 is 0 Å². The molecule has 0 fully saturated rings. The molecule has 0 amide bonds. The molecular formula is C13H12N. The van der Waals surface area contributed by atoms with Gasteiger partial charge in [0.15, 0.2) is 0 Å². The topological polar surface area (TPSA) is 14.1 Å². The molecule has 0 aliphatic carbocycles. The second-order valence-corrected chi connectivity index (χ2v) is 3.82. The third-order valence-electron chi connectivity index (χ3n) is 2.89. The van der Waals surface area contributed by atoms with E-state index in [1.165, 1.54) is 21.9 Å². The Balaban J connectivity index is 2.27. The average molecular weight is 182 g/mol. The first-order valence-corrected chi connectivity index (χ1v) is 5.07. The third kappa shape index (κ3) is 1.21. The minimum atomic E-state index is 0.903. The van der Waals surface area contributed by atoms with Crippen LogP contribution in [0.4, 0.5) is 0 Å². The zero-order valence-electron chi connectivity index (χ0n) is 8.03. The molecule has 2 aromatic carbocycles. The first kappa shape index (κ1) is 8.01. The van der Waals surface area contributed by atoms with E-state index in [2.05, 4.69) is 41.7 Å². The molecule has 0 saturated carbocycles. The van der Waals surface area contributed by atoms with Gasteiger partial charge in [0.25, 0.3) is 0 Å². The van der Waals surface area contributed by atoms with E-state index >= 15 is 0 Å². The smallest absolute Gasteiger partial charge is 0.0387 e. The summed E-state index contributed by atoms with van der Waals surface area (Å²) in [5.74, 6) is 0. The lowest BCUT2D eigenvalue weighted by molar-refractivity contribution is 0.631. The molecule has 0 N–H and O–H groups in total. The quantitative estimate of drug-likeness (QED) is 0.594. The van der Waals surface area contributed by atoms with Crippen LogP contribution in [0.2, 0.25) is 0 Å². The number of nitrogens with zero attached hydrogens (tertiary/aromatic N) is 1. The molecule has 0 spiro atoms. The van der Waals surface area contributed by atoms with Crippen LogP contribution in [0.25, 0.3) is 10.8 Å². The van der Waals surface area contributed by atoms with E-state index in [1.807, 2.05) is 0 Å². The predicted octanol–water partition coefficient (Wildman–Crippen LogP) is 2.50. The number of hydrogen-bond donors (Lipinski definition) is 0. The van der Waals surface area contributed by atoms with E-state index in [-0.39, 0.29) is 0 Å². The van der Waals surface area contributed by atoms with Crippen molar-refractivity contribution < 1.29 is 0 Å². The van der Waals surface area contributed by atoms with Crippen molar-refractivity contribution in [1.29, 1.82) is 0 Å². The highest BCUT2D eigenvalue weighted by Gasteiger charge is 2.09. The van der Waals surface area contributed by atoms with Gasteiger partial charge in [0.2, 0.25) is 0 Å². The van der Waals surface area contributed by atoms with Gasteiger partial charge in [0.05, 0.1) is 0 Å². The van der Waals surface area contributed by atoms with Gasteiger partial charge < -0.3 is 0 Å². The standard InChI is InChI=1S/C13H12N/c1-2-4-11-8-13-9-14-6-5-12(13)7-10(11)3-1/h1-4,7-8H,5-6,9H2. The van der Waals surface area contributed by atoms with E-state index in [1.54, 1.807) is 0 Å². The zero-order chi connectivity index (χ0) is 9.38. The Morgan fingerprint density at radius 2 is 1.64 bits per heavy atom. The van der Waals surface area contributed by atoms with Gasteiger partial charge in [0, 0.05) is 13.1 Å². The lowest BCUT2D eigenvalue weighted by Crippen LogP contribution is -2.17. The fourth-order valence-electron chi connectivity index (χ4n) is 2.11. The van der Waals surface area contributed by atoms with Crippen LogP contribution in [-0.2, 0) is 13.0 Å². The van der Waals surface area contributed by atoms with Crippen molar-refractivity contribution in [3.05, 3.63) is 47.5 Å². The molecule has 1 aliphatic rings. The van der Waals surface area contributed by atoms with E-state index in [9.17, 15) is 0 Å². The van der Waals surface area contributed by atoms with Gasteiger partial charge in [-0.1, -0.05) is 30.3 Å². The monoisotopic (exact) mass is 182 g/mol. The molecule has 2 aromatic rings.